The number of amides is 2. The van der Waals surface area contributed by atoms with Gasteiger partial charge in [0.25, 0.3) is 0 Å². The smallest absolute Gasteiger partial charge is 0.411 e. The number of allylic oxidation sites excluding steroid dienone is 1. The molecule has 0 fully saturated rings. The second kappa shape index (κ2) is 9.97. The molecule has 0 aromatic heterocycles. The molecule has 0 spiro atoms. The van der Waals surface area contributed by atoms with E-state index in [1.54, 1.807) is 25.7 Å². The van der Waals surface area contributed by atoms with Crippen molar-refractivity contribution in [3.63, 3.8) is 0 Å². The van der Waals surface area contributed by atoms with Crippen LogP contribution in [0.1, 0.15) is 60.8 Å². The van der Waals surface area contributed by atoms with Gasteiger partial charge in [0.15, 0.2) is 0 Å². The quantitative estimate of drug-likeness (QED) is 0.702. The Bertz CT molecular complexity index is 507. The van der Waals surface area contributed by atoms with Crippen molar-refractivity contribution in [1.82, 2.24) is 10.2 Å². The molecule has 0 aromatic carbocycles. The molecule has 0 saturated heterocycles. The Balaban J connectivity index is 4.41. The van der Waals surface area contributed by atoms with Crippen molar-refractivity contribution < 1.29 is 19.1 Å². The summed E-state index contributed by atoms with van der Waals surface area (Å²) in [6.45, 7) is 15.5. The summed E-state index contributed by atoms with van der Waals surface area (Å²) in [5.74, 6) is 2.52. The summed E-state index contributed by atoms with van der Waals surface area (Å²) in [5, 5.41) is 2.60. The zero-order valence-corrected chi connectivity index (χ0v) is 16.4. The maximum atomic E-state index is 12.2. The topological polar surface area (TPSA) is 67.9 Å². The standard InChI is InChI=1S/C19H32N2O4/c1-9-10-13-21(17(23)25-19(6,7)8)14-11-12-15(2)20-16(22)24-18(3,4)5/h1H,2,10-14H2,3-8H3,(H,20,22). The predicted molar refractivity (Wildman–Crippen MR) is 99.0 cm³/mol. The van der Waals surface area contributed by atoms with Gasteiger partial charge in [-0.15, -0.1) is 12.3 Å². The average Bonchev–Trinajstić information content (AvgIpc) is 2.37. The fourth-order valence-electron chi connectivity index (χ4n) is 1.81. The first kappa shape index (κ1) is 22.8. The molecule has 0 aromatic rings. The molecule has 142 valence electrons. The largest absolute Gasteiger partial charge is 0.444 e. The summed E-state index contributed by atoms with van der Waals surface area (Å²) in [6.07, 6.45) is 5.95. The molecule has 0 radical (unpaired) electrons. The number of hydrogen-bond donors (Lipinski definition) is 1. The molecule has 0 aliphatic rings. The van der Waals surface area contributed by atoms with Gasteiger partial charge in [0, 0.05) is 25.2 Å². The number of rotatable bonds is 7. The third-order valence-electron chi connectivity index (χ3n) is 2.76. The zero-order chi connectivity index (χ0) is 19.7. The number of nitrogens with one attached hydrogen (secondary N) is 1. The van der Waals surface area contributed by atoms with Crippen molar-refractivity contribution in [3.8, 4) is 12.3 Å². The molecule has 0 unspecified atom stereocenters. The van der Waals surface area contributed by atoms with Gasteiger partial charge in [0.1, 0.15) is 11.2 Å². The molecule has 0 rings (SSSR count). The van der Waals surface area contributed by atoms with Crippen molar-refractivity contribution in [2.24, 2.45) is 0 Å². The van der Waals surface area contributed by atoms with Crippen molar-refractivity contribution in [1.29, 1.82) is 0 Å². The maximum absolute atomic E-state index is 12.2. The first-order valence-corrected chi connectivity index (χ1v) is 8.43. The van der Waals surface area contributed by atoms with Gasteiger partial charge >= 0.3 is 12.2 Å². The fourth-order valence-corrected chi connectivity index (χ4v) is 1.81. The fraction of sp³-hybridized carbons (Fsp3) is 0.684. The second-order valence-electron chi connectivity index (χ2n) is 7.76. The predicted octanol–water partition coefficient (Wildman–Crippen LogP) is 4.07. The molecule has 0 aliphatic carbocycles. The van der Waals surface area contributed by atoms with Crippen LogP contribution in [0.3, 0.4) is 0 Å². The van der Waals surface area contributed by atoms with Gasteiger partial charge in [0.05, 0.1) is 0 Å². The molecule has 25 heavy (non-hydrogen) atoms. The molecule has 0 aliphatic heterocycles. The van der Waals surface area contributed by atoms with E-state index >= 15 is 0 Å². The van der Waals surface area contributed by atoms with Crippen LogP contribution in [0.25, 0.3) is 0 Å². The van der Waals surface area contributed by atoms with Crippen molar-refractivity contribution in [2.75, 3.05) is 13.1 Å². The monoisotopic (exact) mass is 352 g/mol. The zero-order valence-electron chi connectivity index (χ0n) is 16.4. The average molecular weight is 352 g/mol. The minimum atomic E-state index is -0.562. The molecule has 0 saturated carbocycles. The number of terminal acetylenes is 1. The summed E-state index contributed by atoms with van der Waals surface area (Å²) >= 11 is 0. The number of carbonyl (C=O) groups excluding carboxylic acids is 2. The van der Waals surface area contributed by atoms with Gasteiger partial charge in [-0.1, -0.05) is 6.58 Å². The number of alkyl carbamates (subject to hydrolysis) is 1. The van der Waals surface area contributed by atoms with E-state index in [4.69, 9.17) is 15.9 Å². The molecule has 2 amide bonds. The van der Waals surface area contributed by atoms with E-state index in [-0.39, 0.29) is 0 Å². The van der Waals surface area contributed by atoms with Gasteiger partial charge in [-0.2, -0.15) is 0 Å². The third kappa shape index (κ3) is 12.9. The lowest BCUT2D eigenvalue weighted by Crippen LogP contribution is -2.38. The van der Waals surface area contributed by atoms with Crippen LogP contribution in [0.4, 0.5) is 9.59 Å². The van der Waals surface area contributed by atoms with Crippen LogP contribution in [0.5, 0.6) is 0 Å². The number of carbonyl (C=O) groups is 2. The third-order valence-corrected chi connectivity index (χ3v) is 2.76. The van der Waals surface area contributed by atoms with E-state index in [0.29, 0.717) is 38.0 Å². The van der Waals surface area contributed by atoms with Crippen LogP contribution in [-0.4, -0.2) is 41.4 Å². The highest BCUT2D eigenvalue weighted by atomic mass is 16.6. The van der Waals surface area contributed by atoms with E-state index < -0.39 is 23.4 Å². The summed E-state index contributed by atoms with van der Waals surface area (Å²) in [4.78, 5) is 25.4. The number of hydrogen-bond acceptors (Lipinski definition) is 4. The van der Waals surface area contributed by atoms with Crippen LogP contribution in [-0.2, 0) is 9.47 Å². The molecular formula is C19H32N2O4. The highest BCUT2D eigenvalue weighted by Crippen LogP contribution is 2.12. The van der Waals surface area contributed by atoms with Crippen molar-refractivity contribution in [3.05, 3.63) is 12.3 Å². The molecule has 0 heterocycles. The van der Waals surface area contributed by atoms with Crippen LogP contribution in [0, 0.1) is 12.3 Å². The van der Waals surface area contributed by atoms with E-state index in [1.807, 2.05) is 20.8 Å². The summed E-state index contributed by atoms with van der Waals surface area (Å²) in [5.41, 5.74) is -0.587. The lowest BCUT2D eigenvalue weighted by molar-refractivity contribution is 0.0250. The van der Waals surface area contributed by atoms with E-state index in [0.717, 1.165) is 0 Å². The van der Waals surface area contributed by atoms with Crippen molar-refractivity contribution in [2.45, 2.75) is 72.0 Å². The second-order valence-corrected chi connectivity index (χ2v) is 7.76. The Hall–Kier alpha value is -2.16. The molecule has 0 bridgehead atoms. The van der Waals surface area contributed by atoms with Gasteiger partial charge in [-0.3, -0.25) is 5.32 Å². The lowest BCUT2D eigenvalue weighted by Gasteiger charge is -2.27. The van der Waals surface area contributed by atoms with Crippen LogP contribution in [0.15, 0.2) is 12.3 Å². The summed E-state index contributed by atoms with van der Waals surface area (Å²) < 4.78 is 10.5. The Morgan fingerprint density at radius 2 is 1.64 bits per heavy atom. The Kier molecular flexibility index (Phi) is 9.11. The first-order chi connectivity index (χ1) is 11.3. The highest BCUT2D eigenvalue weighted by molar-refractivity contribution is 5.70. The van der Waals surface area contributed by atoms with E-state index in [1.165, 1.54) is 0 Å². The lowest BCUT2D eigenvalue weighted by atomic mass is 10.2. The first-order valence-electron chi connectivity index (χ1n) is 8.43. The minimum absolute atomic E-state index is 0.395. The summed E-state index contributed by atoms with van der Waals surface area (Å²) in [7, 11) is 0. The molecule has 6 heteroatoms. The highest BCUT2D eigenvalue weighted by Gasteiger charge is 2.21. The Morgan fingerprint density at radius 3 is 2.12 bits per heavy atom. The van der Waals surface area contributed by atoms with Gasteiger partial charge in [0.2, 0.25) is 0 Å². The molecule has 6 nitrogen and oxygen atoms in total. The van der Waals surface area contributed by atoms with E-state index in [9.17, 15) is 9.59 Å². The summed E-state index contributed by atoms with van der Waals surface area (Å²) in [6, 6.07) is 0. The van der Waals surface area contributed by atoms with Crippen LogP contribution in [0.2, 0.25) is 0 Å². The van der Waals surface area contributed by atoms with Gasteiger partial charge < -0.3 is 14.4 Å². The Morgan fingerprint density at radius 1 is 1.08 bits per heavy atom. The van der Waals surface area contributed by atoms with E-state index in [2.05, 4.69) is 17.8 Å². The molecular weight excluding hydrogens is 320 g/mol. The van der Waals surface area contributed by atoms with Gasteiger partial charge in [-0.05, 0) is 54.4 Å². The molecule has 1 N–H and O–H groups in total. The Labute approximate surface area is 151 Å². The minimum Gasteiger partial charge on any atom is -0.444 e. The number of ether oxygens (including phenoxy) is 2. The normalized spacial score (nSPS) is 11.2. The van der Waals surface area contributed by atoms with Crippen molar-refractivity contribution >= 4 is 12.2 Å². The van der Waals surface area contributed by atoms with Crippen LogP contribution < -0.4 is 5.32 Å². The van der Waals surface area contributed by atoms with Crippen LogP contribution >= 0.6 is 0 Å². The maximum Gasteiger partial charge on any atom is 0.411 e. The number of nitrogens with zero attached hydrogens (tertiary/aromatic N) is 1. The molecule has 0 atom stereocenters. The van der Waals surface area contributed by atoms with Gasteiger partial charge in [-0.25, -0.2) is 9.59 Å². The SMILES string of the molecule is C#CCCN(CCCC(=C)NC(=O)OC(C)(C)C)C(=O)OC(C)(C)C.